The van der Waals surface area contributed by atoms with Gasteiger partial charge in [-0.25, -0.2) is 5.10 Å². The highest BCUT2D eigenvalue weighted by Crippen LogP contribution is 2.28. The number of nitrogens with zero attached hydrogens (tertiary/aromatic N) is 1. The Balaban J connectivity index is 2.49. The quantitative estimate of drug-likeness (QED) is 0.821. The maximum Gasteiger partial charge on any atom is 0.274 e. The highest BCUT2D eigenvalue weighted by atomic mass is 32.1. The number of aromatic nitrogens is 2. The van der Waals surface area contributed by atoms with E-state index in [1.165, 1.54) is 0 Å². The van der Waals surface area contributed by atoms with Gasteiger partial charge in [-0.15, -0.1) is 0 Å². The molecule has 104 valence electrons. The Kier molecular flexibility index (Phi) is 4.47. The predicted octanol–water partition coefficient (Wildman–Crippen LogP) is 1.86. The standard InChI is InChI=1S/C14H15N3O2S/c1-2-7-19-12-6-4-3-5-9(12)11-8-10(13(15)20)14(18)17-16-11/h3-6,8H,2,7H2,1H3,(H2,15,20)(H,17,18). The summed E-state index contributed by atoms with van der Waals surface area (Å²) >= 11 is 4.86. The van der Waals surface area contributed by atoms with Gasteiger partial charge in [-0.3, -0.25) is 4.79 Å². The number of thiocarbonyl (C=S) groups is 1. The van der Waals surface area contributed by atoms with Gasteiger partial charge in [-0.05, 0) is 24.6 Å². The average Bonchev–Trinajstić information content (AvgIpc) is 2.46. The lowest BCUT2D eigenvalue weighted by Gasteiger charge is -2.10. The molecule has 0 aliphatic heterocycles. The molecule has 2 aromatic rings. The maximum atomic E-state index is 11.6. The fourth-order valence-electron chi connectivity index (χ4n) is 1.74. The fraction of sp³-hybridized carbons (Fsp3) is 0.214. The first-order valence-electron chi connectivity index (χ1n) is 6.25. The van der Waals surface area contributed by atoms with Crippen molar-refractivity contribution in [1.82, 2.24) is 10.2 Å². The fourth-order valence-corrected chi connectivity index (χ4v) is 1.89. The predicted molar refractivity (Wildman–Crippen MR) is 82.0 cm³/mol. The van der Waals surface area contributed by atoms with Crippen molar-refractivity contribution in [3.05, 3.63) is 46.2 Å². The van der Waals surface area contributed by atoms with E-state index in [4.69, 9.17) is 22.7 Å². The van der Waals surface area contributed by atoms with Gasteiger partial charge in [0.2, 0.25) is 0 Å². The Hall–Kier alpha value is -2.21. The van der Waals surface area contributed by atoms with E-state index in [2.05, 4.69) is 10.2 Å². The summed E-state index contributed by atoms with van der Waals surface area (Å²) in [5.41, 5.74) is 6.74. The van der Waals surface area contributed by atoms with Crippen LogP contribution in [0.1, 0.15) is 18.9 Å². The first kappa shape index (κ1) is 14.2. The van der Waals surface area contributed by atoms with E-state index in [1.54, 1.807) is 6.07 Å². The van der Waals surface area contributed by atoms with E-state index >= 15 is 0 Å². The highest BCUT2D eigenvalue weighted by Gasteiger charge is 2.11. The van der Waals surface area contributed by atoms with Crippen LogP contribution in [0.15, 0.2) is 35.1 Å². The van der Waals surface area contributed by atoms with Gasteiger partial charge in [0.15, 0.2) is 0 Å². The van der Waals surface area contributed by atoms with Gasteiger partial charge in [-0.2, -0.15) is 5.10 Å². The maximum absolute atomic E-state index is 11.6. The molecule has 0 saturated carbocycles. The van der Waals surface area contributed by atoms with Gasteiger partial charge in [0.05, 0.1) is 17.9 Å². The van der Waals surface area contributed by atoms with Gasteiger partial charge >= 0.3 is 0 Å². The average molecular weight is 289 g/mol. The van der Waals surface area contributed by atoms with Crippen LogP contribution in [0.25, 0.3) is 11.3 Å². The normalized spacial score (nSPS) is 10.2. The molecule has 0 spiro atoms. The number of H-pyrrole nitrogens is 1. The third kappa shape index (κ3) is 3.03. The van der Waals surface area contributed by atoms with Crippen molar-refractivity contribution in [1.29, 1.82) is 0 Å². The zero-order chi connectivity index (χ0) is 14.5. The lowest BCUT2D eigenvalue weighted by molar-refractivity contribution is 0.318. The van der Waals surface area contributed by atoms with Crippen LogP contribution in [0.4, 0.5) is 0 Å². The molecule has 20 heavy (non-hydrogen) atoms. The second kappa shape index (κ2) is 6.29. The van der Waals surface area contributed by atoms with Crippen molar-refractivity contribution in [3.8, 4) is 17.0 Å². The molecule has 0 amide bonds. The van der Waals surface area contributed by atoms with Crippen molar-refractivity contribution in [2.45, 2.75) is 13.3 Å². The number of nitrogens with two attached hydrogens (primary N) is 1. The topological polar surface area (TPSA) is 81.0 Å². The molecule has 0 atom stereocenters. The molecule has 1 aromatic carbocycles. The Labute approximate surface area is 121 Å². The summed E-state index contributed by atoms with van der Waals surface area (Å²) in [5.74, 6) is 0.711. The molecule has 0 bridgehead atoms. The second-order valence-electron chi connectivity index (χ2n) is 4.20. The van der Waals surface area contributed by atoms with Crippen molar-refractivity contribution < 1.29 is 4.74 Å². The molecule has 1 heterocycles. The molecule has 0 saturated heterocycles. The van der Waals surface area contributed by atoms with Crippen LogP contribution in [-0.2, 0) is 0 Å². The largest absolute Gasteiger partial charge is 0.493 e. The minimum absolute atomic E-state index is 0.0434. The number of para-hydroxylation sites is 1. The lowest BCUT2D eigenvalue weighted by atomic mass is 10.1. The molecule has 0 fully saturated rings. The Bertz CT molecular complexity index is 682. The first-order valence-corrected chi connectivity index (χ1v) is 6.66. The van der Waals surface area contributed by atoms with Crippen LogP contribution in [0, 0.1) is 0 Å². The van der Waals surface area contributed by atoms with Gasteiger partial charge < -0.3 is 10.5 Å². The summed E-state index contributed by atoms with van der Waals surface area (Å²) in [6.07, 6.45) is 0.908. The van der Waals surface area contributed by atoms with Crippen molar-refractivity contribution in [3.63, 3.8) is 0 Å². The van der Waals surface area contributed by atoms with Gasteiger partial charge in [0.1, 0.15) is 10.7 Å². The Morgan fingerprint density at radius 1 is 1.45 bits per heavy atom. The van der Waals surface area contributed by atoms with Crippen LogP contribution >= 0.6 is 12.2 Å². The molecule has 0 aliphatic carbocycles. The van der Waals surface area contributed by atoms with Crippen LogP contribution in [0.5, 0.6) is 5.75 Å². The molecular formula is C14H15N3O2S. The minimum Gasteiger partial charge on any atom is -0.493 e. The molecule has 2 rings (SSSR count). The van der Waals surface area contributed by atoms with Gasteiger partial charge in [-0.1, -0.05) is 31.3 Å². The summed E-state index contributed by atoms with van der Waals surface area (Å²) in [4.78, 5) is 11.6. The zero-order valence-electron chi connectivity index (χ0n) is 11.1. The summed E-state index contributed by atoms with van der Waals surface area (Å²) in [5, 5.41) is 6.43. The van der Waals surface area contributed by atoms with Crippen LogP contribution in [0.2, 0.25) is 0 Å². The van der Waals surface area contributed by atoms with Crippen LogP contribution < -0.4 is 16.0 Å². The van der Waals surface area contributed by atoms with Crippen molar-refractivity contribution in [2.24, 2.45) is 5.73 Å². The molecular weight excluding hydrogens is 274 g/mol. The molecule has 3 N–H and O–H groups in total. The second-order valence-corrected chi connectivity index (χ2v) is 4.64. The van der Waals surface area contributed by atoms with E-state index in [1.807, 2.05) is 31.2 Å². The summed E-state index contributed by atoms with van der Waals surface area (Å²) in [6.45, 7) is 2.65. The first-order chi connectivity index (χ1) is 9.63. The third-order valence-electron chi connectivity index (χ3n) is 2.69. The van der Waals surface area contributed by atoms with Crippen molar-refractivity contribution >= 4 is 17.2 Å². The molecule has 0 aliphatic rings. The number of nitrogens with one attached hydrogen (secondary N) is 1. The number of hydrogen-bond acceptors (Lipinski definition) is 4. The molecule has 6 heteroatoms. The molecule has 5 nitrogen and oxygen atoms in total. The number of ether oxygens (including phenoxy) is 1. The smallest absolute Gasteiger partial charge is 0.274 e. The minimum atomic E-state index is -0.395. The van der Waals surface area contributed by atoms with E-state index in [0.29, 0.717) is 18.1 Å². The van der Waals surface area contributed by atoms with Crippen molar-refractivity contribution in [2.75, 3.05) is 6.61 Å². The number of hydrogen-bond donors (Lipinski definition) is 2. The van der Waals surface area contributed by atoms with E-state index in [0.717, 1.165) is 12.0 Å². The summed E-state index contributed by atoms with van der Waals surface area (Å²) in [6, 6.07) is 9.07. The zero-order valence-corrected chi connectivity index (χ0v) is 11.9. The molecule has 1 aromatic heterocycles. The monoisotopic (exact) mass is 289 g/mol. The van der Waals surface area contributed by atoms with Gasteiger partial charge in [0, 0.05) is 5.56 Å². The molecule has 0 radical (unpaired) electrons. The number of rotatable bonds is 5. The van der Waals surface area contributed by atoms with E-state index < -0.39 is 5.56 Å². The lowest BCUT2D eigenvalue weighted by Crippen LogP contribution is -2.23. The van der Waals surface area contributed by atoms with Crippen LogP contribution in [0.3, 0.4) is 0 Å². The summed E-state index contributed by atoms with van der Waals surface area (Å²) in [7, 11) is 0. The van der Waals surface area contributed by atoms with E-state index in [9.17, 15) is 4.79 Å². The van der Waals surface area contributed by atoms with E-state index in [-0.39, 0.29) is 10.6 Å². The SMILES string of the molecule is CCCOc1ccccc1-c1cc(C(N)=S)c(=O)[nH]n1. The Morgan fingerprint density at radius 2 is 2.20 bits per heavy atom. The Morgan fingerprint density at radius 3 is 2.90 bits per heavy atom. The van der Waals surface area contributed by atoms with Gasteiger partial charge in [0.25, 0.3) is 5.56 Å². The number of benzene rings is 1. The van der Waals surface area contributed by atoms with Crippen LogP contribution in [-0.4, -0.2) is 21.8 Å². The highest BCUT2D eigenvalue weighted by molar-refractivity contribution is 7.80. The molecule has 0 unspecified atom stereocenters. The summed E-state index contributed by atoms with van der Waals surface area (Å²) < 4.78 is 5.68. The number of aromatic amines is 1. The third-order valence-corrected chi connectivity index (χ3v) is 2.91.